The van der Waals surface area contributed by atoms with Crippen LogP contribution in [0.15, 0.2) is 194 Å². The van der Waals surface area contributed by atoms with Crippen LogP contribution in [0.1, 0.15) is 0 Å². The summed E-state index contributed by atoms with van der Waals surface area (Å²) < 4.78 is 0. The quantitative estimate of drug-likeness (QED) is 0.169. The summed E-state index contributed by atoms with van der Waals surface area (Å²) in [5.41, 5.74) is 10.0. The molecule has 0 spiro atoms. The monoisotopic (exact) mass is 632 g/mol. The Bertz CT molecular complexity index is 2910. The molecule has 0 amide bonds. The van der Waals surface area contributed by atoms with Crippen LogP contribution in [0.4, 0.5) is 0 Å². The largest absolute Gasteiger partial charge is 0.0622 e. The summed E-state index contributed by atoms with van der Waals surface area (Å²) in [4.78, 5) is 0. The third-order valence-electron chi connectivity index (χ3n) is 10.4. The van der Waals surface area contributed by atoms with E-state index in [4.69, 9.17) is 0 Å². The van der Waals surface area contributed by atoms with Crippen molar-refractivity contribution in [1.82, 2.24) is 0 Å². The topological polar surface area (TPSA) is 0 Å². The van der Waals surface area contributed by atoms with Gasteiger partial charge >= 0.3 is 0 Å². The summed E-state index contributed by atoms with van der Waals surface area (Å²) in [6.45, 7) is 0. The molecular weight excluding hydrogens is 601 g/mol. The molecule has 0 nitrogen and oxygen atoms in total. The maximum absolute atomic E-state index is 2.45. The van der Waals surface area contributed by atoms with Gasteiger partial charge < -0.3 is 0 Å². The minimum atomic E-state index is 1.22. The zero-order chi connectivity index (χ0) is 33.0. The lowest BCUT2D eigenvalue weighted by atomic mass is 9.83. The van der Waals surface area contributed by atoms with Crippen LogP contribution in [0, 0.1) is 0 Å². The summed E-state index contributed by atoms with van der Waals surface area (Å²) in [6.07, 6.45) is 0. The molecule has 0 N–H and O–H groups in total. The summed E-state index contributed by atoms with van der Waals surface area (Å²) >= 11 is 0. The van der Waals surface area contributed by atoms with E-state index in [1.54, 1.807) is 0 Å². The van der Waals surface area contributed by atoms with Gasteiger partial charge in [0.25, 0.3) is 0 Å². The second-order valence-electron chi connectivity index (χ2n) is 13.2. The first kappa shape index (κ1) is 28.5. The van der Waals surface area contributed by atoms with Crippen LogP contribution in [-0.4, -0.2) is 0 Å². The average molecular weight is 633 g/mol. The van der Waals surface area contributed by atoms with E-state index in [1.807, 2.05) is 0 Å². The Morgan fingerprint density at radius 2 is 0.700 bits per heavy atom. The van der Waals surface area contributed by atoms with Gasteiger partial charge in [-0.25, -0.2) is 0 Å². The van der Waals surface area contributed by atoms with Crippen LogP contribution in [0.2, 0.25) is 0 Å². The van der Waals surface area contributed by atoms with Crippen LogP contribution in [0.5, 0.6) is 0 Å². The first-order valence-corrected chi connectivity index (χ1v) is 17.4. The minimum Gasteiger partial charge on any atom is -0.0622 e. The normalized spacial score (nSPS) is 11.6. The van der Waals surface area contributed by atoms with Gasteiger partial charge in [0, 0.05) is 0 Å². The van der Waals surface area contributed by atoms with Crippen molar-refractivity contribution in [2.45, 2.75) is 0 Å². The molecule has 0 saturated heterocycles. The van der Waals surface area contributed by atoms with E-state index in [1.165, 1.54) is 98.4 Å². The molecule has 0 aliphatic heterocycles. The molecule has 10 aromatic carbocycles. The predicted molar refractivity (Wildman–Crippen MR) is 216 cm³/mol. The third-order valence-corrected chi connectivity index (χ3v) is 10.4. The van der Waals surface area contributed by atoms with Crippen molar-refractivity contribution < 1.29 is 0 Å². The first-order valence-electron chi connectivity index (χ1n) is 17.4. The molecule has 0 aliphatic carbocycles. The van der Waals surface area contributed by atoms with Crippen molar-refractivity contribution in [3.8, 4) is 44.5 Å². The second kappa shape index (κ2) is 11.6. The first-order chi connectivity index (χ1) is 24.8. The highest BCUT2D eigenvalue weighted by Gasteiger charge is 2.19. The Hall–Kier alpha value is -6.50. The van der Waals surface area contributed by atoms with E-state index in [0.717, 1.165) is 0 Å². The molecule has 0 heteroatoms. The van der Waals surface area contributed by atoms with Crippen molar-refractivity contribution in [3.05, 3.63) is 194 Å². The molecule has 10 aromatic rings. The highest BCUT2D eigenvalue weighted by Crippen LogP contribution is 2.47. The molecule has 0 saturated carbocycles. The fourth-order valence-corrected chi connectivity index (χ4v) is 8.17. The predicted octanol–water partition coefficient (Wildman–Crippen LogP) is 14.1. The van der Waals surface area contributed by atoms with Gasteiger partial charge in [-0.3, -0.25) is 0 Å². The van der Waals surface area contributed by atoms with Gasteiger partial charge in [-0.1, -0.05) is 182 Å². The van der Waals surface area contributed by atoms with Gasteiger partial charge in [-0.15, -0.1) is 0 Å². The van der Waals surface area contributed by atoms with Crippen molar-refractivity contribution in [1.29, 1.82) is 0 Å². The van der Waals surface area contributed by atoms with Gasteiger partial charge in [-0.05, 0) is 111 Å². The Morgan fingerprint density at radius 3 is 1.46 bits per heavy atom. The molecule has 0 atom stereocenters. The van der Waals surface area contributed by atoms with Gasteiger partial charge in [0.15, 0.2) is 0 Å². The van der Waals surface area contributed by atoms with Crippen molar-refractivity contribution >= 4 is 53.9 Å². The van der Waals surface area contributed by atoms with Crippen LogP contribution in [0.25, 0.3) is 98.4 Å². The summed E-state index contributed by atoms with van der Waals surface area (Å²) in [6, 6.07) is 71.4. The Labute approximate surface area is 291 Å². The fourth-order valence-electron chi connectivity index (χ4n) is 8.17. The molecule has 10 rings (SSSR count). The molecule has 0 radical (unpaired) electrons. The number of fused-ring (bicyclic) bond motifs is 5. The third kappa shape index (κ3) is 4.54. The zero-order valence-corrected chi connectivity index (χ0v) is 27.5. The summed E-state index contributed by atoms with van der Waals surface area (Å²) in [5.74, 6) is 0. The maximum atomic E-state index is 2.45. The van der Waals surface area contributed by atoms with Gasteiger partial charge in [0.1, 0.15) is 0 Å². The van der Waals surface area contributed by atoms with E-state index < -0.39 is 0 Å². The number of hydrogen-bond acceptors (Lipinski definition) is 0. The molecule has 0 fully saturated rings. The molecule has 0 unspecified atom stereocenters. The van der Waals surface area contributed by atoms with E-state index in [9.17, 15) is 0 Å². The van der Waals surface area contributed by atoms with E-state index >= 15 is 0 Å². The molecule has 0 bridgehead atoms. The van der Waals surface area contributed by atoms with E-state index in [2.05, 4.69) is 194 Å². The lowest BCUT2D eigenvalue weighted by Gasteiger charge is -2.20. The van der Waals surface area contributed by atoms with Crippen LogP contribution in [0.3, 0.4) is 0 Å². The smallest absolute Gasteiger partial charge is 0.00199 e. The molecule has 50 heavy (non-hydrogen) atoms. The van der Waals surface area contributed by atoms with Crippen LogP contribution >= 0.6 is 0 Å². The zero-order valence-electron chi connectivity index (χ0n) is 27.5. The fraction of sp³-hybridized carbons (Fsp3) is 0. The van der Waals surface area contributed by atoms with E-state index in [0.29, 0.717) is 0 Å². The Morgan fingerprint density at radius 1 is 0.200 bits per heavy atom. The Balaban J connectivity index is 1.27. The Kier molecular flexibility index (Phi) is 6.60. The summed E-state index contributed by atoms with van der Waals surface area (Å²) in [5, 5.41) is 12.6. The molecule has 0 heterocycles. The highest BCUT2D eigenvalue weighted by molar-refractivity contribution is 6.24. The molecule has 232 valence electrons. The van der Waals surface area contributed by atoms with Crippen molar-refractivity contribution in [2.75, 3.05) is 0 Å². The van der Waals surface area contributed by atoms with E-state index in [-0.39, 0.29) is 0 Å². The number of rotatable bonds is 4. The number of hydrogen-bond donors (Lipinski definition) is 0. The minimum absolute atomic E-state index is 1.22. The lowest BCUT2D eigenvalue weighted by Crippen LogP contribution is -1.93. The van der Waals surface area contributed by atoms with Gasteiger partial charge in [0.2, 0.25) is 0 Å². The van der Waals surface area contributed by atoms with Crippen LogP contribution in [-0.2, 0) is 0 Å². The van der Waals surface area contributed by atoms with Gasteiger partial charge in [0.05, 0.1) is 0 Å². The second-order valence-corrected chi connectivity index (χ2v) is 13.2. The average Bonchev–Trinajstić information content (AvgIpc) is 3.19. The number of benzene rings is 10. The lowest BCUT2D eigenvalue weighted by molar-refractivity contribution is 1.64. The molecule has 0 aromatic heterocycles. The highest BCUT2D eigenvalue weighted by atomic mass is 14.2. The molecular formula is C50H32. The molecule has 0 aliphatic rings. The van der Waals surface area contributed by atoms with Crippen molar-refractivity contribution in [3.63, 3.8) is 0 Å². The standard InChI is InChI=1S/C50H32/c1-2-15-35(16-3-1)49-45-20-8-9-21-46(45)50(44-26-10-18-34-14-6-7-19-39(34)44)48-32-38(29-30-47(48)49)41-23-12-24-42-40(22-11-25-43(41)42)37-28-27-33-13-4-5-17-36(33)31-37/h1-32H. The SMILES string of the molecule is c1ccc(-c2c3ccccc3c(-c3cccc4ccccc34)c3cc(-c4cccc5c(-c6ccc7ccccc7c6)cccc45)ccc23)cc1. The van der Waals surface area contributed by atoms with Crippen molar-refractivity contribution in [2.24, 2.45) is 0 Å². The maximum Gasteiger partial charge on any atom is -0.00199 e. The summed E-state index contributed by atoms with van der Waals surface area (Å²) in [7, 11) is 0. The van der Waals surface area contributed by atoms with Gasteiger partial charge in [-0.2, -0.15) is 0 Å². The van der Waals surface area contributed by atoms with Crippen LogP contribution < -0.4 is 0 Å².